The van der Waals surface area contributed by atoms with Crippen LogP contribution in [0.25, 0.3) is 0 Å². The number of ketones is 1. The Hall–Kier alpha value is -2.01. The van der Waals surface area contributed by atoms with E-state index in [2.05, 4.69) is 10.3 Å². The Morgan fingerprint density at radius 1 is 1.29 bits per heavy atom. The molecule has 1 heterocycles. The molecule has 4 nitrogen and oxygen atoms in total. The molecule has 0 saturated heterocycles. The Balaban J connectivity index is 2.25. The third-order valence-corrected chi connectivity index (χ3v) is 2.95. The summed E-state index contributed by atoms with van der Waals surface area (Å²) in [5.41, 5.74) is 1.01. The lowest BCUT2D eigenvalue weighted by molar-refractivity contribution is 0.101. The van der Waals surface area contributed by atoms with Gasteiger partial charge in [-0.05, 0) is 19.1 Å². The van der Waals surface area contributed by atoms with Crippen molar-refractivity contribution in [3.05, 3.63) is 46.4 Å². The number of carbonyl (C=O) groups excluding carboxylic acids is 2. The minimum absolute atomic E-state index is 0.0833. The van der Waals surface area contributed by atoms with Crippen LogP contribution < -0.4 is 5.32 Å². The molecule has 0 bridgehead atoms. The molecule has 0 unspecified atom stereocenters. The number of aromatic nitrogens is 1. The molecule has 0 radical (unpaired) electrons. The Labute approximate surface area is 102 Å². The van der Waals surface area contributed by atoms with E-state index in [0.29, 0.717) is 16.3 Å². The van der Waals surface area contributed by atoms with Gasteiger partial charge < -0.3 is 5.32 Å². The van der Waals surface area contributed by atoms with Gasteiger partial charge in [0.15, 0.2) is 10.8 Å². The fourth-order valence-electron chi connectivity index (χ4n) is 1.41. The number of nitrogens with zero attached hydrogens (tertiary/aromatic N) is 1. The highest BCUT2D eigenvalue weighted by Crippen LogP contribution is 2.17. The fourth-order valence-corrected chi connectivity index (χ4v) is 1.94. The summed E-state index contributed by atoms with van der Waals surface area (Å²) in [6.45, 7) is 1.47. The summed E-state index contributed by atoms with van der Waals surface area (Å²) in [5.74, 6) is -0.381. The molecule has 0 spiro atoms. The van der Waals surface area contributed by atoms with Crippen molar-refractivity contribution in [2.75, 3.05) is 5.32 Å². The van der Waals surface area contributed by atoms with Gasteiger partial charge in [-0.15, -0.1) is 11.3 Å². The lowest BCUT2D eigenvalue weighted by Gasteiger charge is -2.07. The number of rotatable bonds is 3. The standard InChI is InChI=1S/C12H10N2O2S/c1-8(15)9-4-2-3-5-10(9)14-11(16)12-13-6-7-17-12/h2-7H,1H3,(H,14,16). The van der Waals surface area contributed by atoms with Gasteiger partial charge in [0, 0.05) is 17.1 Å². The highest BCUT2D eigenvalue weighted by Gasteiger charge is 2.12. The number of thiazole rings is 1. The molecule has 5 heteroatoms. The Bertz CT molecular complexity index is 549. The summed E-state index contributed by atoms with van der Waals surface area (Å²) in [4.78, 5) is 27.1. The number of carbonyl (C=O) groups is 2. The first kappa shape index (κ1) is 11.5. The number of hydrogen-bond donors (Lipinski definition) is 1. The van der Waals surface area contributed by atoms with Crippen molar-refractivity contribution in [3.8, 4) is 0 Å². The van der Waals surface area contributed by atoms with Gasteiger partial charge in [0.1, 0.15) is 0 Å². The van der Waals surface area contributed by atoms with E-state index in [4.69, 9.17) is 0 Å². The molecule has 0 aliphatic carbocycles. The van der Waals surface area contributed by atoms with Crippen molar-refractivity contribution in [1.29, 1.82) is 0 Å². The Morgan fingerprint density at radius 3 is 2.71 bits per heavy atom. The van der Waals surface area contributed by atoms with Gasteiger partial charge in [0.05, 0.1) is 5.69 Å². The van der Waals surface area contributed by atoms with Crippen LogP contribution in [-0.2, 0) is 0 Å². The largest absolute Gasteiger partial charge is 0.319 e. The Kier molecular flexibility index (Phi) is 3.30. The van der Waals surface area contributed by atoms with Crippen LogP contribution in [0.5, 0.6) is 0 Å². The second-order valence-electron chi connectivity index (χ2n) is 3.39. The lowest BCUT2D eigenvalue weighted by Crippen LogP contribution is -2.13. The average Bonchev–Trinajstić information content (AvgIpc) is 2.83. The van der Waals surface area contributed by atoms with Crippen molar-refractivity contribution in [3.63, 3.8) is 0 Å². The summed E-state index contributed by atoms with van der Waals surface area (Å²) >= 11 is 1.26. The zero-order valence-corrected chi connectivity index (χ0v) is 9.95. The van der Waals surface area contributed by atoms with Crippen LogP contribution >= 0.6 is 11.3 Å². The topological polar surface area (TPSA) is 59.1 Å². The van der Waals surface area contributed by atoms with Crippen molar-refractivity contribution < 1.29 is 9.59 Å². The van der Waals surface area contributed by atoms with E-state index >= 15 is 0 Å². The molecule has 0 aliphatic heterocycles. The van der Waals surface area contributed by atoms with Crippen molar-refractivity contribution in [2.24, 2.45) is 0 Å². The second kappa shape index (κ2) is 4.88. The number of amides is 1. The molecule has 0 fully saturated rings. The predicted octanol–water partition coefficient (Wildman–Crippen LogP) is 2.60. The monoisotopic (exact) mass is 246 g/mol. The summed E-state index contributed by atoms with van der Waals surface area (Å²) < 4.78 is 0. The molecule has 17 heavy (non-hydrogen) atoms. The molecule has 0 aliphatic rings. The van der Waals surface area contributed by atoms with E-state index in [1.54, 1.807) is 35.8 Å². The maximum Gasteiger partial charge on any atom is 0.284 e. The second-order valence-corrected chi connectivity index (χ2v) is 4.29. The summed E-state index contributed by atoms with van der Waals surface area (Å²) in [6.07, 6.45) is 1.57. The van der Waals surface area contributed by atoms with Crippen LogP contribution in [0.2, 0.25) is 0 Å². The quantitative estimate of drug-likeness (QED) is 0.847. The summed E-state index contributed by atoms with van der Waals surface area (Å²) in [5, 5.41) is 4.79. The van der Waals surface area contributed by atoms with E-state index in [-0.39, 0.29) is 11.7 Å². The van der Waals surface area contributed by atoms with Crippen molar-refractivity contribution in [1.82, 2.24) is 4.98 Å². The third kappa shape index (κ3) is 2.57. The predicted molar refractivity (Wildman–Crippen MR) is 66.5 cm³/mol. The Morgan fingerprint density at radius 2 is 2.06 bits per heavy atom. The molecule has 2 rings (SSSR count). The molecular weight excluding hydrogens is 236 g/mol. The molecule has 1 amide bonds. The minimum Gasteiger partial charge on any atom is -0.319 e. The molecule has 1 aromatic heterocycles. The molecule has 1 N–H and O–H groups in total. The first-order valence-corrected chi connectivity index (χ1v) is 5.87. The summed E-state index contributed by atoms with van der Waals surface area (Å²) in [6, 6.07) is 6.90. The van der Waals surface area contributed by atoms with Crippen LogP contribution in [0, 0.1) is 0 Å². The van der Waals surface area contributed by atoms with Crippen LogP contribution in [0.3, 0.4) is 0 Å². The van der Waals surface area contributed by atoms with E-state index in [1.165, 1.54) is 18.3 Å². The first-order valence-electron chi connectivity index (χ1n) is 4.99. The molecule has 86 valence electrons. The first-order chi connectivity index (χ1) is 8.18. The van der Waals surface area contributed by atoms with Crippen LogP contribution in [0.15, 0.2) is 35.8 Å². The number of Topliss-reactive ketones (excluding diaryl/α,β-unsaturated/α-hetero) is 1. The fraction of sp³-hybridized carbons (Fsp3) is 0.0833. The van der Waals surface area contributed by atoms with Crippen LogP contribution in [0.4, 0.5) is 5.69 Å². The smallest absolute Gasteiger partial charge is 0.284 e. The lowest BCUT2D eigenvalue weighted by atomic mass is 10.1. The number of nitrogens with one attached hydrogen (secondary N) is 1. The van der Waals surface area contributed by atoms with Gasteiger partial charge in [-0.25, -0.2) is 4.98 Å². The van der Waals surface area contributed by atoms with Gasteiger partial charge >= 0.3 is 0 Å². The highest BCUT2D eigenvalue weighted by atomic mass is 32.1. The zero-order valence-electron chi connectivity index (χ0n) is 9.14. The van der Waals surface area contributed by atoms with Crippen LogP contribution in [-0.4, -0.2) is 16.7 Å². The van der Waals surface area contributed by atoms with Gasteiger partial charge in [-0.1, -0.05) is 12.1 Å². The number of hydrogen-bond acceptors (Lipinski definition) is 4. The maximum atomic E-state index is 11.8. The molecule has 0 atom stereocenters. The molecule has 0 saturated carbocycles. The van der Waals surface area contributed by atoms with Gasteiger partial charge in [0.25, 0.3) is 5.91 Å². The number of anilines is 1. The number of benzene rings is 1. The van der Waals surface area contributed by atoms with Gasteiger partial charge in [0.2, 0.25) is 0 Å². The van der Waals surface area contributed by atoms with Gasteiger partial charge in [-0.3, -0.25) is 9.59 Å². The van der Waals surface area contributed by atoms with E-state index in [0.717, 1.165) is 0 Å². The molecule has 2 aromatic rings. The third-order valence-electron chi connectivity index (χ3n) is 2.18. The normalized spacial score (nSPS) is 9.94. The van der Waals surface area contributed by atoms with Crippen molar-refractivity contribution >= 4 is 28.7 Å². The zero-order chi connectivity index (χ0) is 12.3. The average molecular weight is 246 g/mol. The van der Waals surface area contributed by atoms with E-state index < -0.39 is 0 Å². The SMILES string of the molecule is CC(=O)c1ccccc1NC(=O)c1nccs1. The number of para-hydroxylation sites is 1. The highest BCUT2D eigenvalue weighted by molar-refractivity contribution is 7.11. The molecular formula is C12H10N2O2S. The van der Waals surface area contributed by atoms with Crippen LogP contribution in [0.1, 0.15) is 27.1 Å². The molecule has 1 aromatic carbocycles. The van der Waals surface area contributed by atoms with Crippen molar-refractivity contribution in [2.45, 2.75) is 6.92 Å². The van der Waals surface area contributed by atoms with E-state index in [9.17, 15) is 9.59 Å². The maximum absolute atomic E-state index is 11.8. The summed E-state index contributed by atoms with van der Waals surface area (Å²) in [7, 11) is 0. The minimum atomic E-state index is -0.297. The van der Waals surface area contributed by atoms with E-state index in [1.807, 2.05) is 0 Å². The van der Waals surface area contributed by atoms with Gasteiger partial charge in [-0.2, -0.15) is 0 Å².